The molecule has 0 N–H and O–H groups in total. The quantitative estimate of drug-likeness (QED) is 0.740. The second-order valence-corrected chi connectivity index (χ2v) is 6.41. The van der Waals surface area contributed by atoms with Crippen LogP contribution < -0.4 is 0 Å². The van der Waals surface area contributed by atoms with Gasteiger partial charge < -0.3 is 0 Å². The Balaban J connectivity index is 2.03. The summed E-state index contributed by atoms with van der Waals surface area (Å²) in [5, 5.41) is 2.17. The smallest absolute Gasteiger partial charge is 0.199 e. The molecule has 3 rings (SSSR count). The molecule has 0 atom stereocenters. The molecule has 0 spiro atoms. The summed E-state index contributed by atoms with van der Waals surface area (Å²) in [4.78, 5) is 4.55. The third kappa shape index (κ3) is 2.85. The minimum absolute atomic E-state index is 0.291. The molecule has 0 amide bonds. The van der Waals surface area contributed by atoms with Crippen LogP contribution in [0.25, 0.3) is 17.0 Å². The van der Waals surface area contributed by atoms with Crippen LogP contribution in [-0.2, 0) is 9.84 Å². The molecule has 0 aliphatic heterocycles. The van der Waals surface area contributed by atoms with Crippen molar-refractivity contribution in [1.29, 1.82) is 0 Å². The van der Waals surface area contributed by atoms with Crippen molar-refractivity contribution in [2.45, 2.75) is 4.90 Å². The number of aromatic nitrogens is 1. The van der Waals surface area contributed by atoms with Crippen molar-refractivity contribution >= 4 is 26.8 Å². The molecule has 1 heterocycles. The lowest BCUT2D eigenvalue weighted by molar-refractivity contribution is 0.605. The first-order chi connectivity index (χ1) is 10.2. The molecule has 4 heteroatoms. The van der Waals surface area contributed by atoms with Gasteiger partial charge in [0.2, 0.25) is 0 Å². The van der Waals surface area contributed by atoms with Gasteiger partial charge in [0.05, 0.1) is 10.4 Å². The van der Waals surface area contributed by atoms with E-state index >= 15 is 0 Å². The maximum atomic E-state index is 12.2. The van der Waals surface area contributed by atoms with Crippen LogP contribution in [0, 0.1) is 0 Å². The highest BCUT2D eigenvalue weighted by Gasteiger charge is 2.09. The van der Waals surface area contributed by atoms with E-state index in [1.54, 1.807) is 48.7 Å². The van der Waals surface area contributed by atoms with Crippen LogP contribution in [0.15, 0.2) is 77.2 Å². The fraction of sp³-hybridized carbons (Fsp3) is 0. The highest BCUT2D eigenvalue weighted by atomic mass is 32.2. The van der Waals surface area contributed by atoms with Crippen LogP contribution in [-0.4, -0.2) is 13.4 Å². The lowest BCUT2D eigenvalue weighted by Gasteiger charge is -2.01. The molecule has 3 aromatic rings. The van der Waals surface area contributed by atoms with E-state index in [1.807, 2.05) is 24.3 Å². The number of para-hydroxylation sites is 1. The van der Waals surface area contributed by atoms with Gasteiger partial charge in [0, 0.05) is 17.0 Å². The molecule has 104 valence electrons. The molecule has 1 aromatic heterocycles. The lowest BCUT2D eigenvalue weighted by Crippen LogP contribution is -1.95. The Morgan fingerprint density at radius 1 is 0.857 bits per heavy atom. The van der Waals surface area contributed by atoms with Gasteiger partial charge in [-0.15, -0.1) is 0 Å². The minimum atomic E-state index is -3.43. The Bertz CT molecular complexity index is 895. The predicted octanol–water partition coefficient (Wildman–Crippen LogP) is 3.68. The summed E-state index contributed by atoms with van der Waals surface area (Å²) in [5.74, 6) is 0. The lowest BCUT2D eigenvalue weighted by atomic mass is 10.1. The molecule has 0 aliphatic carbocycles. The Hall–Kier alpha value is -2.46. The van der Waals surface area contributed by atoms with E-state index in [2.05, 4.69) is 4.98 Å². The molecule has 0 radical (unpaired) electrons. The van der Waals surface area contributed by atoms with E-state index in [0.717, 1.165) is 16.5 Å². The number of nitrogens with zero attached hydrogens (tertiary/aromatic N) is 1. The fourth-order valence-electron chi connectivity index (χ4n) is 2.11. The van der Waals surface area contributed by atoms with E-state index in [9.17, 15) is 8.42 Å². The summed E-state index contributed by atoms with van der Waals surface area (Å²) in [6, 6.07) is 17.8. The maximum Gasteiger partial charge on any atom is 0.199 e. The van der Waals surface area contributed by atoms with E-state index in [-0.39, 0.29) is 0 Å². The van der Waals surface area contributed by atoms with Gasteiger partial charge in [0.15, 0.2) is 9.84 Å². The average Bonchev–Trinajstić information content (AvgIpc) is 2.54. The second kappa shape index (κ2) is 5.50. The molecule has 3 nitrogen and oxygen atoms in total. The monoisotopic (exact) mass is 295 g/mol. The van der Waals surface area contributed by atoms with Gasteiger partial charge in [-0.1, -0.05) is 36.4 Å². The number of benzene rings is 2. The van der Waals surface area contributed by atoms with Crippen LogP contribution in [0.5, 0.6) is 0 Å². The number of sulfone groups is 1. The van der Waals surface area contributed by atoms with Gasteiger partial charge in [-0.25, -0.2) is 8.42 Å². The van der Waals surface area contributed by atoms with E-state index in [0.29, 0.717) is 4.90 Å². The summed E-state index contributed by atoms with van der Waals surface area (Å²) in [5.41, 5.74) is 1.68. The summed E-state index contributed by atoms with van der Waals surface area (Å²) < 4.78 is 24.5. The third-order valence-corrected chi connectivity index (χ3v) is 4.60. The molecule has 21 heavy (non-hydrogen) atoms. The van der Waals surface area contributed by atoms with E-state index in [4.69, 9.17) is 0 Å². The van der Waals surface area contributed by atoms with Gasteiger partial charge >= 0.3 is 0 Å². The Morgan fingerprint density at radius 3 is 2.38 bits per heavy atom. The molecule has 0 saturated heterocycles. The topological polar surface area (TPSA) is 47.0 Å². The molecule has 0 saturated carbocycles. The molecule has 0 fully saturated rings. The normalized spacial score (nSPS) is 12.0. The first-order valence-electron chi connectivity index (χ1n) is 6.49. The second-order valence-electron chi connectivity index (χ2n) is 4.58. The van der Waals surface area contributed by atoms with Gasteiger partial charge in [-0.05, 0) is 35.9 Å². The molecule has 2 aromatic carbocycles. The number of rotatable bonds is 3. The zero-order valence-electron chi connectivity index (χ0n) is 11.2. The summed E-state index contributed by atoms with van der Waals surface area (Å²) >= 11 is 0. The van der Waals surface area contributed by atoms with Crippen molar-refractivity contribution in [3.8, 4) is 0 Å². The Kier molecular flexibility index (Phi) is 3.54. The van der Waals surface area contributed by atoms with Crippen molar-refractivity contribution in [2.24, 2.45) is 0 Å². The van der Waals surface area contributed by atoms with Crippen LogP contribution >= 0.6 is 0 Å². The standard InChI is InChI=1S/C17H13NO2S/c19-21(20,15-6-2-1-3-7-15)13-11-14-10-12-18-17-9-5-4-8-16(14)17/h1-13H/b13-11-. The Labute approximate surface area is 123 Å². The van der Waals surface area contributed by atoms with Crippen LogP contribution in [0.4, 0.5) is 0 Å². The zero-order valence-corrected chi connectivity index (χ0v) is 12.0. The first-order valence-corrected chi connectivity index (χ1v) is 8.03. The van der Waals surface area contributed by atoms with Crippen LogP contribution in [0.2, 0.25) is 0 Å². The zero-order chi connectivity index (χ0) is 14.7. The van der Waals surface area contributed by atoms with E-state index in [1.165, 1.54) is 5.41 Å². The van der Waals surface area contributed by atoms with Crippen LogP contribution in [0.3, 0.4) is 0 Å². The summed E-state index contributed by atoms with van der Waals surface area (Å²) in [6.07, 6.45) is 3.30. The van der Waals surface area contributed by atoms with Gasteiger partial charge in [0.25, 0.3) is 0 Å². The Morgan fingerprint density at radius 2 is 1.57 bits per heavy atom. The fourth-order valence-corrected chi connectivity index (χ4v) is 3.13. The molecular formula is C17H13NO2S. The van der Waals surface area contributed by atoms with Gasteiger partial charge in [-0.2, -0.15) is 0 Å². The maximum absolute atomic E-state index is 12.2. The van der Waals surface area contributed by atoms with E-state index < -0.39 is 9.84 Å². The molecule has 0 aliphatic rings. The van der Waals surface area contributed by atoms with Crippen molar-refractivity contribution < 1.29 is 8.42 Å². The highest BCUT2D eigenvalue weighted by molar-refractivity contribution is 7.94. The average molecular weight is 295 g/mol. The summed E-state index contributed by atoms with van der Waals surface area (Å²) in [7, 11) is -3.43. The highest BCUT2D eigenvalue weighted by Crippen LogP contribution is 2.19. The largest absolute Gasteiger partial charge is 0.256 e. The van der Waals surface area contributed by atoms with Crippen molar-refractivity contribution in [1.82, 2.24) is 4.98 Å². The van der Waals surface area contributed by atoms with Crippen LogP contribution in [0.1, 0.15) is 5.56 Å². The third-order valence-electron chi connectivity index (χ3n) is 3.18. The minimum Gasteiger partial charge on any atom is -0.256 e. The number of fused-ring (bicyclic) bond motifs is 1. The SMILES string of the molecule is O=S(=O)(/C=C\c1ccnc2ccccc12)c1ccccc1. The van der Waals surface area contributed by atoms with Crippen molar-refractivity contribution in [2.75, 3.05) is 0 Å². The number of pyridine rings is 1. The van der Waals surface area contributed by atoms with Gasteiger partial charge in [0.1, 0.15) is 0 Å². The molecular weight excluding hydrogens is 282 g/mol. The number of hydrogen-bond donors (Lipinski definition) is 0. The first kappa shape index (κ1) is 13.5. The predicted molar refractivity (Wildman–Crippen MR) is 84.4 cm³/mol. The molecule has 0 unspecified atom stereocenters. The summed E-state index contributed by atoms with van der Waals surface area (Å²) in [6.45, 7) is 0. The number of hydrogen-bond acceptors (Lipinski definition) is 3. The van der Waals surface area contributed by atoms with Gasteiger partial charge in [-0.3, -0.25) is 4.98 Å². The molecule has 0 bridgehead atoms. The van der Waals surface area contributed by atoms with Crippen molar-refractivity contribution in [3.05, 3.63) is 77.8 Å². The van der Waals surface area contributed by atoms with Crippen molar-refractivity contribution in [3.63, 3.8) is 0 Å².